The number of nitrogen functional groups attached to an aromatic ring is 2. The van der Waals surface area contributed by atoms with Crippen LogP contribution in [0.5, 0.6) is 17.2 Å². The number of rotatable bonds is 3. The average molecular weight is 580 g/mol. The molecule has 6 N–H and O–H groups in total. The van der Waals surface area contributed by atoms with Crippen LogP contribution in [0.1, 0.15) is 5.56 Å². The smallest absolute Gasteiger partial charge is 0.119 e. The zero-order valence-corrected chi connectivity index (χ0v) is 24.3. The molecule has 0 aliphatic rings. The van der Waals surface area contributed by atoms with E-state index in [9.17, 15) is 10.2 Å². The van der Waals surface area contributed by atoms with Gasteiger partial charge < -0.3 is 26.4 Å². The van der Waals surface area contributed by atoms with Gasteiger partial charge in [-0.1, -0.05) is 84.9 Å². The van der Waals surface area contributed by atoms with Gasteiger partial charge in [0.15, 0.2) is 0 Å². The molecule has 0 aliphatic carbocycles. The molecular weight excluding hydrogens is 546 g/mol. The lowest BCUT2D eigenvalue weighted by Gasteiger charge is -2.04. The first-order valence-electron chi connectivity index (χ1n) is 14.0. The predicted octanol–water partition coefficient (Wildman–Crippen LogP) is 8.85. The van der Waals surface area contributed by atoms with Gasteiger partial charge in [-0.3, -0.25) is 4.99 Å². The van der Waals surface area contributed by atoms with Crippen molar-refractivity contribution < 1.29 is 14.9 Å². The van der Waals surface area contributed by atoms with E-state index in [0.717, 1.165) is 55.0 Å². The summed E-state index contributed by atoms with van der Waals surface area (Å²) in [5.41, 5.74) is 14.9. The first-order chi connectivity index (χ1) is 21.4. The summed E-state index contributed by atoms with van der Waals surface area (Å²) in [4.78, 5) is 4.51. The molecule has 0 fully saturated rings. The average Bonchev–Trinajstić information content (AvgIpc) is 3.05. The standard InChI is InChI=1S/C17H13NO.C11H11NO.C10H9NO/c19-15-10-9-14-7-4-8-17(16(14)11-15)18-12-13-5-2-1-3-6-13;1-13-9-6-5-8-3-2-4-11(12)10(8)7-9;11-10-3-1-2-7-4-5-8(12)6-9(7)10/h1-12,19H;2-7H,12H2,1H3;1-6,12H,11H2. The SMILES string of the molecule is COc1ccc2cccc(N)c2c1.Nc1cccc2ccc(O)cc12.Oc1ccc2cccc(N=Cc3ccccc3)c2c1. The molecular formula is C38H33N3O3. The second-order valence-electron chi connectivity index (χ2n) is 10.0. The van der Waals surface area contributed by atoms with Crippen LogP contribution in [0, 0.1) is 0 Å². The lowest BCUT2D eigenvalue weighted by molar-refractivity contribution is 0.415. The Labute approximate surface area is 256 Å². The molecule has 0 aliphatic heterocycles. The maximum Gasteiger partial charge on any atom is 0.119 e. The fourth-order valence-corrected chi connectivity index (χ4v) is 4.73. The summed E-state index contributed by atoms with van der Waals surface area (Å²) in [7, 11) is 1.65. The van der Waals surface area contributed by atoms with Gasteiger partial charge in [0.25, 0.3) is 0 Å². The summed E-state index contributed by atoms with van der Waals surface area (Å²) in [5, 5.41) is 24.9. The van der Waals surface area contributed by atoms with Crippen LogP contribution in [-0.2, 0) is 0 Å². The molecule has 0 amide bonds. The fourth-order valence-electron chi connectivity index (χ4n) is 4.73. The van der Waals surface area contributed by atoms with Gasteiger partial charge >= 0.3 is 0 Å². The first-order valence-corrected chi connectivity index (χ1v) is 14.0. The number of phenols is 2. The number of hydrogen-bond donors (Lipinski definition) is 4. The molecule has 0 saturated carbocycles. The van der Waals surface area contributed by atoms with Crippen LogP contribution >= 0.6 is 0 Å². The molecule has 0 aromatic heterocycles. The molecule has 0 radical (unpaired) electrons. The van der Waals surface area contributed by atoms with Crippen LogP contribution in [0.2, 0.25) is 0 Å². The van der Waals surface area contributed by atoms with Crippen molar-refractivity contribution in [2.45, 2.75) is 0 Å². The second-order valence-corrected chi connectivity index (χ2v) is 10.0. The topological polar surface area (TPSA) is 114 Å². The Hall–Kier alpha value is -6.01. The molecule has 0 unspecified atom stereocenters. The summed E-state index contributed by atoms with van der Waals surface area (Å²) in [6.45, 7) is 0. The maximum atomic E-state index is 9.59. The van der Waals surface area contributed by atoms with Gasteiger partial charge in [-0.15, -0.1) is 0 Å². The minimum Gasteiger partial charge on any atom is -0.508 e. The summed E-state index contributed by atoms with van der Waals surface area (Å²) in [6.07, 6.45) is 1.83. The third-order valence-electron chi connectivity index (χ3n) is 7.02. The molecule has 0 heterocycles. The van der Waals surface area contributed by atoms with E-state index >= 15 is 0 Å². The quantitative estimate of drug-likeness (QED) is 0.123. The number of nitrogens with two attached hydrogens (primary N) is 2. The minimum atomic E-state index is 0.250. The molecule has 0 atom stereocenters. The van der Waals surface area contributed by atoms with E-state index in [-0.39, 0.29) is 11.5 Å². The van der Waals surface area contributed by atoms with E-state index in [0.29, 0.717) is 5.69 Å². The van der Waals surface area contributed by atoms with Gasteiger partial charge in [-0.25, -0.2) is 0 Å². The van der Waals surface area contributed by atoms with Crippen molar-refractivity contribution in [2.24, 2.45) is 4.99 Å². The van der Waals surface area contributed by atoms with Crippen molar-refractivity contribution in [2.75, 3.05) is 18.6 Å². The van der Waals surface area contributed by atoms with Gasteiger partial charge in [0, 0.05) is 33.7 Å². The molecule has 0 saturated heterocycles. The van der Waals surface area contributed by atoms with Crippen molar-refractivity contribution in [3.63, 3.8) is 0 Å². The third kappa shape index (κ3) is 7.24. The van der Waals surface area contributed by atoms with E-state index in [1.807, 2.05) is 121 Å². The van der Waals surface area contributed by atoms with E-state index in [1.165, 1.54) is 0 Å². The highest BCUT2D eigenvalue weighted by Crippen LogP contribution is 2.29. The Kier molecular flexibility index (Phi) is 9.23. The highest BCUT2D eigenvalue weighted by molar-refractivity contribution is 5.96. The van der Waals surface area contributed by atoms with Crippen molar-refractivity contribution in [3.05, 3.63) is 145 Å². The molecule has 7 rings (SSSR count). The highest BCUT2D eigenvalue weighted by Gasteiger charge is 2.01. The molecule has 6 nitrogen and oxygen atoms in total. The highest BCUT2D eigenvalue weighted by atomic mass is 16.5. The van der Waals surface area contributed by atoms with Crippen LogP contribution in [0.4, 0.5) is 17.1 Å². The van der Waals surface area contributed by atoms with Crippen molar-refractivity contribution in [1.29, 1.82) is 0 Å². The maximum absolute atomic E-state index is 9.59. The zero-order valence-electron chi connectivity index (χ0n) is 24.3. The minimum absolute atomic E-state index is 0.250. The van der Waals surface area contributed by atoms with E-state index in [2.05, 4.69) is 4.99 Å². The number of aliphatic imine (C=N–C) groups is 1. The molecule has 44 heavy (non-hydrogen) atoms. The largest absolute Gasteiger partial charge is 0.508 e. The molecule has 0 spiro atoms. The number of phenolic OH excluding ortho intramolecular Hbond substituents is 2. The molecule has 0 bridgehead atoms. The first kappa shape index (κ1) is 29.5. The summed E-state index contributed by atoms with van der Waals surface area (Å²) < 4.78 is 5.12. The summed E-state index contributed by atoms with van der Waals surface area (Å²) in [6, 6.07) is 43.8. The van der Waals surface area contributed by atoms with Crippen LogP contribution in [0.25, 0.3) is 32.3 Å². The number of benzene rings is 7. The van der Waals surface area contributed by atoms with Crippen LogP contribution in [-0.4, -0.2) is 23.5 Å². The molecule has 7 aromatic rings. The summed E-state index contributed by atoms with van der Waals surface area (Å²) in [5.74, 6) is 1.35. The number of methoxy groups -OCH3 is 1. The number of ether oxygens (including phenoxy) is 1. The number of anilines is 2. The Bertz CT molecular complexity index is 2060. The number of fused-ring (bicyclic) bond motifs is 3. The molecule has 6 heteroatoms. The van der Waals surface area contributed by atoms with Crippen LogP contribution in [0.3, 0.4) is 0 Å². The Balaban J connectivity index is 0.000000136. The second kappa shape index (κ2) is 13.8. The van der Waals surface area contributed by atoms with Gasteiger partial charge in [-0.05, 0) is 76.3 Å². The fraction of sp³-hybridized carbons (Fsp3) is 0.0263. The monoisotopic (exact) mass is 579 g/mol. The molecule has 218 valence electrons. The van der Waals surface area contributed by atoms with Crippen molar-refractivity contribution in [3.8, 4) is 17.2 Å². The lowest BCUT2D eigenvalue weighted by atomic mass is 10.1. The Morgan fingerprint density at radius 2 is 1.07 bits per heavy atom. The number of aromatic hydroxyl groups is 2. The number of hydrogen-bond acceptors (Lipinski definition) is 6. The predicted molar refractivity (Wildman–Crippen MR) is 184 cm³/mol. The van der Waals surface area contributed by atoms with Crippen LogP contribution in [0.15, 0.2) is 145 Å². The van der Waals surface area contributed by atoms with Gasteiger partial charge in [0.1, 0.15) is 17.2 Å². The lowest BCUT2D eigenvalue weighted by Crippen LogP contribution is -1.87. The van der Waals surface area contributed by atoms with Gasteiger partial charge in [-0.2, -0.15) is 0 Å². The van der Waals surface area contributed by atoms with Gasteiger partial charge in [0.05, 0.1) is 12.8 Å². The molecule has 7 aromatic carbocycles. The Morgan fingerprint density at radius 1 is 0.545 bits per heavy atom. The van der Waals surface area contributed by atoms with E-state index in [4.69, 9.17) is 16.2 Å². The van der Waals surface area contributed by atoms with E-state index < -0.39 is 0 Å². The van der Waals surface area contributed by atoms with Crippen molar-refractivity contribution >= 4 is 55.6 Å². The Morgan fingerprint density at radius 3 is 1.68 bits per heavy atom. The number of nitrogens with zero attached hydrogens (tertiary/aromatic N) is 1. The van der Waals surface area contributed by atoms with Crippen molar-refractivity contribution in [1.82, 2.24) is 0 Å². The zero-order chi connectivity index (χ0) is 30.9. The van der Waals surface area contributed by atoms with E-state index in [1.54, 1.807) is 31.4 Å². The summed E-state index contributed by atoms with van der Waals surface area (Å²) >= 11 is 0. The normalized spacial score (nSPS) is 10.7. The van der Waals surface area contributed by atoms with Gasteiger partial charge in [0.2, 0.25) is 0 Å². The van der Waals surface area contributed by atoms with Crippen LogP contribution < -0.4 is 16.2 Å². The third-order valence-corrected chi connectivity index (χ3v) is 7.02.